The highest BCUT2D eigenvalue weighted by Gasteiger charge is 2.28. The molecule has 3 rings (SSSR count). The number of aryl methyl sites for hydroxylation is 2. The number of nitrogens with one attached hydrogen (secondary N) is 1. The highest BCUT2D eigenvalue weighted by molar-refractivity contribution is 6.31. The van der Waals surface area contributed by atoms with E-state index in [-0.39, 0.29) is 24.3 Å². The molecule has 2 amide bonds. The molecule has 0 spiro atoms. The molecule has 0 aliphatic heterocycles. The monoisotopic (exact) mass is 426 g/mol. The van der Waals surface area contributed by atoms with Gasteiger partial charge in [0.25, 0.3) is 0 Å². The smallest absolute Gasteiger partial charge is 0.242 e. The predicted octanol–water partition coefficient (Wildman–Crippen LogP) is 4.98. The lowest BCUT2D eigenvalue weighted by atomic mass is 10.0. The van der Waals surface area contributed by atoms with Crippen molar-refractivity contribution in [3.63, 3.8) is 0 Å². The summed E-state index contributed by atoms with van der Waals surface area (Å²) in [6, 6.07) is 13.3. The van der Waals surface area contributed by atoms with E-state index in [0.717, 1.165) is 47.9 Å². The molecule has 0 heterocycles. The van der Waals surface area contributed by atoms with Crippen molar-refractivity contribution < 1.29 is 9.59 Å². The van der Waals surface area contributed by atoms with Crippen LogP contribution in [-0.2, 0) is 22.6 Å². The summed E-state index contributed by atoms with van der Waals surface area (Å²) in [5.74, 6) is -0.170. The highest BCUT2D eigenvalue weighted by Crippen LogP contribution is 2.21. The van der Waals surface area contributed by atoms with Crippen molar-refractivity contribution in [2.75, 3.05) is 0 Å². The van der Waals surface area contributed by atoms with Crippen LogP contribution >= 0.6 is 11.6 Å². The third kappa shape index (κ3) is 5.85. The number of hydrogen-bond donors (Lipinski definition) is 1. The molecule has 1 atom stereocenters. The Bertz CT molecular complexity index is 886. The van der Waals surface area contributed by atoms with Crippen LogP contribution in [0.1, 0.15) is 54.9 Å². The molecule has 1 aliphatic carbocycles. The Hall–Kier alpha value is -2.33. The standard InChI is InChI=1S/C25H31ClN2O2/c1-17-12-18(2)14-20(13-17)15-24(29)28(16-21-8-4-7-11-23(21)26)19(3)25(30)27-22-9-5-6-10-22/h4,7-8,11-14,19,22H,5-6,9-10,15-16H2,1-3H3,(H,27,30). The van der Waals surface area contributed by atoms with E-state index >= 15 is 0 Å². The van der Waals surface area contributed by atoms with E-state index in [1.807, 2.05) is 50.2 Å². The van der Waals surface area contributed by atoms with E-state index in [1.54, 1.807) is 11.8 Å². The predicted molar refractivity (Wildman–Crippen MR) is 121 cm³/mol. The Morgan fingerprint density at radius 2 is 1.73 bits per heavy atom. The van der Waals surface area contributed by atoms with E-state index in [2.05, 4.69) is 11.4 Å². The Morgan fingerprint density at radius 1 is 1.10 bits per heavy atom. The molecule has 1 saturated carbocycles. The van der Waals surface area contributed by atoms with Crippen molar-refractivity contribution in [3.8, 4) is 0 Å². The normalized spacial score (nSPS) is 15.1. The van der Waals surface area contributed by atoms with Crippen LogP contribution in [0.15, 0.2) is 42.5 Å². The molecule has 0 saturated heterocycles. The highest BCUT2D eigenvalue weighted by atomic mass is 35.5. The number of benzene rings is 2. The van der Waals surface area contributed by atoms with Crippen LogP contribution in [0, 0.1) is 13.8 Å². The second-order valence-corrected chi connectivity index (χ2v) is 8.86. The minimum atomic E-state index is -0.569. The lowest BCUT2D eigenvalue weighted by Gasteiger charge is -2.30. The zero-order valence-electron chi connectivity index (χ0n) is 18.1. The van der Waals surface area contributed by atoms with Gasteiger partial charge in [0.15, 0.2) is 0 Å². The molecule has 2 aromatic carbocycles. The van der Waals surface area contributed by atoms with Crippen molar-refractivity contribution in [2.45, 2.75) is 71.5 Å². The van der Waals surface area contributed by atoms with Crippen LogP contribution in [0.4, 0.5) is 0 Å². The Balaban J connectivity index is 1.80. The molecule has 160 valence electrons. The van der Waals surface area contributed by atoms with Gasteiger partial charge in [-0.2, -0.15) is 0 Å². The summed E-state index contributed by atoms with van der Waals surface area (Å²) in [6.45, 7) is 6.17. The van der Waals surface area contributed by atoms with Gasteiger partial charge in [0.1, 0.15) is 6.04 Å². The number of halogens is 1. The van der Waals surface area contributed by atoms with Gasteiger partial charge in [0.05, 0.1) is 6.42 Å². The molecule has 1 N–H and O–H groups in total. The molecule has 30 heavy (non-hydrogen) atoms. The SMILES string of the molecule is Cc1cc(C)cc(CC(=O)N(Cc2ccccc2Cl)C(C)C(=O)NC2CCCC2)c1. The van der Waals surface area contributed by atoms with Gasteiger partial charge in [0, 0.05) is 17.6 Å². The second kappa shape index (κ2) is 10.1. The molecular formula is C25H31ClN2O2. The molecule has 0 radical (unpaired) electrons. The van der Waals surface area contributed by atoms with Gasteiger partial charge >= 0.3 is 0 Å². The van der Waals surface area contributed by atoms with E-state index < -0.39 is 6.04 Å². The van der Waals surface area contributed by atoms with Gasteiger partial charge in [-0.3, -0.25) is 9.59 Å². The van der Waals surface area contributed by atoms with Gasteiger partial charge in [-0.05, 0) is 50.8 Å². The van der Waals surface area contributed by atoms with Crippen molar-refractivity contribution in [3.05, 3.63) is 69.7 Å². The van der Waals surface area contributed by atoms with E-state index in [9.17, 15) is 9.59 Å². The summed E-state index contributed by atoms with van der Waals surface area (Å²) in [7, 11) is 0. The third-order valence-corrected chi connectivity index (χ3v) is 6.17. The van der Waals surface area contributed by atoms with Crippen LogP contribution in [0.25, 0.3) is 0 Å². The number of carbonyl (C=O) groups excluding carboxylic acids is 2. The molecule has 2 aromatic rings. The van der Waals surface area contributed by atoms with E-state index in [0.29, 0.717) is 11.6 Å². The second-order valence-electron chi connectivity index (χ2n) is 8.45. The quantitative estimate of drug-likeness (QED) is 0.679. The van der Waals surface area contributed by atoms with Gasteiger partial charge in [-0.15, -0.1) is 0 Å². The van der Waals surface area contributed by atoms with E-state index in [4.69, 9.17) is 11.6 Å². The summed E-state index contributed by atoms with van der Waals surface area (Å²) in [4.78, 5) is 27.9. The molecule has 0 aromatic heterocycles. The van der Waals surface area contributed by atoms with Crippen molar-refractivity contribution in [1.29, 1.82) is 0 Å². The first kappa shape index (κ1) is 22.4. The number of nitrogens with zero attached hydrogens (tertiary/aromatic N) is 1. The maximum Gasteiger partial charge on any atom is 0.242 e. The molecule has 1 unspecified atom stereocenters. The number of hydrogen-bond acceptors (Lipinski definition) is 2. The number of amides is 2. The molecule has 0 bridgehead atoms. The molecule has 4 nitrogen and oxygen atoms in total. The summed E-state index contributed by atoms with van der Waals surface area (Å²) in [5, 5.41) is 3.73. The first-order valence-electron chi connectivity index (χ1n) is 10.7. The zero-order chi connectivity index (χ0) is 21.7. The molecular weight excluding hydrogens is 396 g/mol. The van der Waals surface area contributed by atoms with Gasteiger partial charge < -0.3 is 10.2 Å². The maximum absolute atomic E-state index is 13.3. The number of rotatable bonds is 7. The van der Waals surface area contributed by atoms with Crippen molar-refractivity contribution in [2.24, 2.45) is 0 Å². The fourth-order valence-corrected chi connectivity index (χ4v) is 4.43. The van der Waals surface area contributed by atoms with Crippen LogP contribution in [-0.4, -0.2) is 28.8 Å². The van der Waals surface area contributed by atoms with Gasteiger partial charge in [-0.1, -0.05) is 72.0 Å². The maximum atomic E-state index is 13.3. The topological polar surface area (TPSA) is 49.4 Å². The van der Waals surface area contributed by atoms with Crippen molar-refractivity contribution in [1.82, 2.24) is 10.2 Å². The average molecular weight is 427 g/mol. The Labute approximate surface area is 184 Å². The minimum absolute atomic E-state index is 0.0750. The van der Waals surface area contributed by atoms with Gasteiger partial charge in [0.2, 0.25) is 11.8 Å². The largest absolute Gasteiger partial charge is 0.352 e. The van der Waals surface area contributed by atoms with E-state index in [1.165, 1.54) is 0 Å². The lowest BCUT2D eigenvalue weighted by molar-refractivity contribution is -0.140. The minimum Gasteiger partial charge on any atom is -0.352 e. The lowest BCUT2D eigenvalue weighted by Crippen LogP contribution is -2.50. The van der Waals surface area contributed by atoms with Crippen LogP contribution in [0.3, 0.4) is 0 Å². The number of carbonyl (C=O) groups is 2. The average Bonchev–Trinajstić information content (AvgIpc) is 3.19. The third-order valence-electron chi connectivity index (χ3n) is 5.80. The van der Waals surface area contributed by atoms with Gasteiger partial charge in [-0.25, -0.2) is 0 Å². The molecule has 5 heteroatoms. The summed E-state index contributed by atoms with van der Waals surface area (Å²) >= 11 is 6.36. The zero-order valence-corrected chi connectivity index (χ0v) is 18.8. The fraction of sp³-hybridized carbons (Fsp3) is 0.440. The fourth-order valence-electron chi connectivity index (χ4n) is 4.23. The summed E-state index contributed by atoms with van der Waals surface area (Å²) < 4.78 is 0. The molecule has 1 aliphatic rings. The molecule has 1 fully saturated rings. The van der Waals surface area contributed by atoms with Crippen LogP contribution in [0.2, 0.25) is 5.02 Å². The first-order valence-corrected chi connectivity index (χ1v) is 11.1. The summed E-state index contributed by atoms with van der Waals surface area (Å²) in [6.07, 6.45) is 4.58. The summed E-state index contributed by atoms with van der Waals surface area (Å²) in [5.41, 5.74) is 4.06. The van der Waals surface area contributed by atoms with Crippen LogP contribution < -0.4 is 5.32 Å². The first-order chi connectivity index (χ1) is 14.3. The van der Waals surface area contributed by atoms with Crippen LogP contribution in [0.5, 0.6) is 0 Å². The Kier molecular flexibility index (Phi) is 7.54. The van der Waals surface area contributed by atoms with Crippen molar-refractivity contribution >= 4 is 23.4 Å². The Morgan fingerprint density at radius 3 is 2.37 bits per heavy atom.